The Balaban J connectivity index is 2.66. The molecule has 0 aliphatic rings. The van der Waals surface area contributed by atoms with Gasteiger partial charge in [-0.25, -0.2) is 0 Å². The Morgan fingerprint density at radius 1 is 1.45 bits per heavy atom. The topological polar surface area (TPSA) is 109 Å². The number of aromatic amines is 1. The minimum absolute atomic E-state index is 0.182. The molecule has 1 heterocycles. The van der Waals surface area contributed by atoms with Crippen LogP contribution in [-0.4, -0.2) is 18.0 Å². The molecule has 0 saturated heterocycles. The summed E-state index contributed by atoms with van der Waals surface area (Å²) in [4.78, 5) is 25.5. The number of nitrogens with one attached hydrogen (secondary N) is 1. The highest BCUT2D eigenvalue weighted by molar-refractivity contribution is 6.00. The van der Waals surface area contributed by atoms with E-state index in [1.54, 1.807) is 30.3 Å². The maximum Gasteiger partial charge on any atom is 0.259 e. The standard InChI is InChI=1S/C14H11N3O3/c1-20-11-2-3-12-8(6-11)4-9(14(19)17-12)5-10(7-15)13(16)18/h2-6H,1H3,(H2,16,18)(H,17,19). The number of fused-ring (bicyclic) bond motifs is 1. The van der Waals surface area contributed by atoms with Crippen LogP contribution in [0.4, 0.5) is 0 Å². The molecular weight excluding hydrogens is 258 g/mol. The van der Waals surface area contributed by atoms with Crippen molar-refractivity contribution in [2.24, 2.45) is 5.73 Å². The van der Waals surface area contributed by atoms with Crippen LogP contribution in [0.3, 0.4) is 0 Å². The Labute approximate surface area is 114 Å². The number of primary amides is 1. The third kappa shape index (κ3) is 2.52. The molecule has 1 aromatic heterocycles. The van der Waals surface area contributed by atoms with E-state index in [1.807, 2.05) is 0 Å². The number of methoxy groups -OCH3 is 1. The number of hydrogen-bond donors (Lipinski definition) is 2. The van der Waals surface area contributed by atoms with Gasteiger partial charge in [-0.1, -0.05) is 0 Å². The van der Waals surface area contributed by atoms with Gasteiger partial charge in [0.05, 0.1) is 7.11 Å². The molecule has 0 spiro atoms. The van der Waals surface area contributed by atoms with Crippen LogP contribution in [0.15, 0.2) is 34.6 Å². The normalized spacial score (nSPS) is 11.1. The zero-order valence-corrected chi connectivity index (χ0v) is 10.6. The van der Waals surface area contributed by atoms with E-state index in [-0.39, 0.29) is 11.1 Å². The molecule has 0 radical (unpaired) electrons. The molecule has 20 heavy (non-hydrogen) atoms. The van der Waals surface area contributed by atoms with E-state index in [1.165, 1.54) is 13.2 Å². The number of nitrogens with two attached hydrogens (primary N) is 1. The summed E-state index contributed by atoms with van der Waals surface area (Å²) in [6, 6.07) is 8.39. The van der Waals surface area contributed by atoms with E-state index in [0.717, 1.165) is 5.39 Å². The van der Waals surface area contributed by atoms with Gasteiger partial charge in [0, 0.05) is 16.5 Å². The summed E-state index contributed by atoms with van der Waals surface area (Å²) in [5.41, 5.74) is 5.17. The molecule has 0 aliphatic heterocycles. The number of H-pyrrole nitrogens is 1. The van der Waals surface area contributed by atoms with Crippen LogP contribution in [0.25, 0.3) is 17.0 Å². The highest BCUT2D eigenvalue weighted by Crippen LogP contribution is 2.19. The molecule has 6 nitrogen and oxygen atoms in total. The summed E-state index contributed by atoms with van der Waals surface area (Å²) in [5.74, 6) is -0.243. The molecule has 0 atom stereocenters. The lowest BCUT2D eigenvalue weighted by atomic mass is 10.1. The van der Waals surface area contributed by atoms with Crippen molar-refractivity contribution in [1.29, 1.82) is 5.26 Å². The van der Waals surface area contributed by atoms with Crippen LogP contribution in [0.1, 0.15) is 5.56 Å². The van der Waals surface area contributed by atoms with Crippen LogP contribution in [0, 0.1) is 11.3 Å². The molecule has 2 aromatic rings. The lowest BCUT2D eigenvalue weighted by Crippen LogP contribution is -2.14. The molecule has 2 rings (SSSR count). The molecule has 0 saturated carbocycles. The predicted octanol–water partition coefficient (Wildman–Crippen LogP) is 0.929. The van der Waals surface area contributed by atoms with Crippen molar-refractivity contribution in [1.82, 2.24) is 4.98 Å². The van der Waals surface area contributed by atoms with Gasteiger partial charge in [0.15, 0.2) is 0 Å². The van der Waals surface area contributed by atoms with Crippen molar-refractivity contribution in [2.75, 3.05) is 7.11 Å². The first kappa shape index (κ1) is 13.4. The summed E-state index contributed by atoms with van der Waals surface area (Å²) in [7, 11) is 1.54. The highest BCUT2D eigenvalue weighted by atomic mass is 16.5. The largest absolute Gasteiger partial charge is 0.497 e. The van der Waals surface area contributed by atoms with Gasteiger partial charge in [-0.15, -0.1) is 0 Å². The van der Waals surface area contributed by atoms with Crippen molar-refractivity contribution >= 4 is 22.9 Å². The van der Waals surface area contributed by atoms with E-state index in [9.17, 15) is 9.59 Å². The SMILES string of the molecule is COc1ccc2[nH]c(=O)c(C=C(C#N)C(N)=O)cc2c1. The van der Waals surface area contributed by atoms with Crippen molar-refractivity contribution in [2.45, 2.75) is 0 Å². The monoisotopic (exact) mass is 269 g/mol. The van der Waals surface area contributed by atoms with E-state index in [4.69, 9.17) is 15.7 Å². The zero-order chi connectivity index (χ0) is 14.7. The van der Waals surface area contributed by atoms with Gasteiger partial charge in [-0.2, -0.15) is 5.26 Å². The lowest BCUT2D eigenvalue weighted by Gasteiger charge is -2.03. The fourth-order valence-corrected chi connectivity index (χ4v) is 1.75. The van der Waals surface area contributed by atoms with Crippen molar-refractivity contribution in [3.63, 3.8) is 0 Å². The molecule has 0 unspecified atom stereocenters. The van der Waals surface area contributed by atoms with E-state index in [2.05, 4.69) is 4.98 Å². The van der Waals surface area contributed by atoms with Gasteiger partial charge in [-0.3, -0.25) is 9.59 Å². The van der Waals surface area contributed by atoms with Crippen LogP contribution in [0.2, 0.25) is 0 Å². The number of nitriles is 1. The lowest BCUT2D eigenvalue weighted by molar-refractivity contribution is -0.114. The summed E-state index contributed by atoms with van der Waals surface area (Å²) >= 11 is 0. The smallest absolute Gasteiger partial charge is 0.259 e. The fourth-order valence-electron chi connectivity index (χ4n) is 1.75. The third-order valence-electron chi connectivity index (χ3n) is 2.77. The highest BCUT2D eigenvalue weighted by Gasteiger charge is 2.07. The maximum absolute atomic E-state index is 11.9. The van der Waals surface area contributed by atoms with Gasteiger partial charge in [0.1, 0.15) is 17.4 Å². The van der Waals surface area contributed by atoms with E-state index in [0.29, 0.717) is 11.3 Å². The second kappa shape index (κ2) is 5.28. The summed E-state index contributed by atoms with van der Waals surface area (Å²) in [6.45, 7) is 0. The summed E-state index contributed by atoms with van der Waals surface area (Å²) < 4.78 is 5.10. The molecule has 3 N–H and O–H groups in total. The number of nitrogens with zero attached hydrogens (tertiary/aromatic N) is 1. The average Bonchev–Trinajstić information content (AvgIpc) is 2.44. The Hall–Kier alpha value is -3.07. The first-order valence-corrected chi connectivity index (χ1v) is 5.68. The number of ether oxygens (including phenoxy) is 1. The second-order valence-corrected chi connectivity index (χ2v) is 4.04. The molecule has 1 aromatic carbocycles. The van der Waals surface area contributed by atoms with Gasteiger partial charge in [0.2, 0.25) is 0 Å². The number of carbonyl (C=O) groups excluding carboxylic acids is 1. The number of aromatic nitrogens is 1. The van der Waals surface area contributed by atoms with Crippen molar-refractivity contribution < 1.29 is 9.53 Å². The van der Waals surface area contributed by atoms with Gasteiger partial charge >= 0.3 is 0 Å². The van der Waals surface area contributed by atoms with Crippen LogP contribution in [-0.2, 0) is 4.79 Å². The van der Waals surface area contributed by atoms with E-state index >= 15 is 0 Å². The third-order valence-corrected chi connectivity index (χ3v) is 2.77. The van der Waals surface area contributed by atoms with Crippen LogP contribution in [0.5, 0.6) is 5.75 Å². The Kier molecular flexibility index (Phi) is 3.53. The van der Waals surface area contributed by atoms with Gasteiger partial charge < -0.3 is 15.5 Å². The fraction of sp³-hybridized carbons (Fsp3) is 0.0714. The second-order valence-electron chi connectivity index (χ2n) is 4.04. The Bertz CT molecular complexity index is 813. The van der Waals surface area contributed by atoms with E-state index < -0.39 is 11.5 Å². The number of amides is 1. The molecular formula is C14H11N3O3. The van der Waals surface area contributed by atoms with Gasteiger partial charge in [0.25, 0.3) is 11.5 Å². The summed E-state index contributed by atoms with van der Waals surface area (Å²) in [5, 5.41) is 9.51. The van der Waals surface area contributed by atoms with Gasteiger partial charge in [-0.05, 0) is 30.3 Å². The quantitative estimate of drug-likeness (QED) is 0.638. The molecule has 1 amide bonds. The van der Waals surface area contributed by atoms with Crippen LogP contribution >= 0.6 is 0 Å². The Morgan fingerprint density at radius 3 is 2.80 bits per heavy atom. The molecule has 0 fully saturated rings. The number of hydrogen-bond acceptors (Lipinski definition) is 4. The predicted molar refractivity (Wildman–Crippen MR) is 73.9 cm³/mol. The first-order chi connectivity index (χ1) is 9.55. The average molecular weight is 269 g/mol. The number of pyridine rings is 1. The molecule has 6 heteroatoms. The number of benzene rings is 1. The Morgan fingerprint density at radius 2 is 2.20 bits per heavy atom. The molecule has 100 valence electrons. The minimum Gasteiger partial charge on any atom is -0.497 e. The number of rotatable bonds is 3. The zero-order valence-electron chi connectivity index (χ0n) is 10.6. The minimum atomic E-state index is -0.877. The van der Waals surface area contributed by atoms with Crippen molar-refractivity contribution in [3.05, 3.63) is 45.8 Å². The van der Waals surface area contributed by atoms with Crippen LogP contribution < -0.4 is 16.0 Å². The summed E-state index contributed by atoms with van der Waals surface area (Å²) in [6.07, 6.45) is 1.17. The number of carbonyl (C=O) groups is 1. The molecule has 0 aliphatic carbocycles. The first-order valence-electron chi connectivity index (χ1n) is 5.68. The molecule has 0 bridgehead atoms. The van der Waals surface area contributed by atoms with Crippen molar-refractivity contribution in [3.8, 4) is 11.8 Å². The maximum atomic E-state index is 11.9.